The Labute approximate surface area is 89.3 Å². The van der Waals surface area contributed by atoms with E-state index in [9.17, 15) is 20.0 Å². The third-order valence-electron chi connectivity index (χ3n) is 2.54. The summed E-state index contributed by atoms with van der Waals surface area (Å²) in [5.41, 5.74) is 0.0364. The number of rotatable bonds is 1. The van der Waals surface area contributed by atoms with Crippen LogP contribution in [-0.2, 0) is 14.1 Å². The molecule has 1 aromatic heterocycles. The summed E-state index contributed by atoms with van der Waals surface area (Å²) in [4.78, 5) is 21.6. The Morgan fingerprint density at radius 2 is 1.94 bits per heavy atom. The van der Waals surface area contributed by atoms with Crippen LogP contribution in [0.1, 0.15) is 0 Å². The van der Waals surface area contributed by atoms with E-state index in [0.717, 1.165) is 6.07 Å². The summed E-state index contributed by atoms with van der Waals surface area (Å²) in [6.07, 6.45) is 0. The van der Waals surface area contributed by atoms with Crippen molar-refractivity contribution >= 4 is 16.7 Å². The molecule has 2 aromatic rings. The number of fused-ring (bicyclic) bond motifs is 1. The Balaban J connectivity index is 2.99. The molecule has 1 N–H and O–H groups in total. The van der Waals surface area contributed by atoms with Gasteiger partial charge in [-0.15, -0.1) is 0 Å². The monoisotopic (exact) mass is 223 g/mol. The van der Waals surface area contributed by atoms with Crippen molar-refractivity contribution in [2.24, 2.45) is 14.1 Å². The maximum absolute atomic E-state index is 11.6. The van der Waals surface area contributed by atoms with Gasteiger partial charge < -0.3 is 5.11 Å². The summed E-state index contributed by atoms with van der Waals surface area (Å²) in [6, 6.07) is 2.29. The van der Waals surface area contributed by atoms with E-state index in [2.05, 4.69) is 0 Å². The zero-order valence-electron chi connectivity index (χ0n) is 8.67. The highest BCUT2D eigenvalue weighted by Gasteiger charge is 2.17. The molecule has 1 heterocycles. The normalized spacial score (nSPS) is 10.9. The lowest BCUT2D eigenvalue weighted by molar-refractivity contribution is -0.384. The number of phenols is 1. The fourth-order valence-electron chi connectivity index (χ4n) is 1.72. The molecular formula is C9H9N3O4. The minimum Gasteiger partial charge on any atom is -0.505 e. The van der Waals surface area contributed by atoms with Crippen LogP contribution in [0.2, 0.25) is 0 Å². The molecule has 0 aliphatic rings. The van der Waals surface area contributed by atoms with Crippen LogP contribution in [0.15, 0.2) is 16.9 Å². The maximum atomic E-state index is 11.6. The highest BCUT2D eigenvalue weighted by atomic mass is 16.6. The molecule has 0 atom stereocenters. The molecule has 0 aliphatic heterocycles. The van der Waals surface area contributed by atoms with Crippen LogP contribution < -0.4 is 5.69 Å². The van der Waals surface area contributed by atoms with E-state index in [1.54, 1.807) is 0 Å². The lowest BCUT2D eigenvalue weighted by Gasteiger charge is -1.98. The summed E-state index contributed by atoms with van der Waals surface area (Å²) in [6.45, 7) is 0. The highest BCUT2D eigenvalue weighted by molar-refractivity contribution is 5.85. The predicted molar refractivity (Wildman–Crippen MR) is 56.5 cm³/mol. The quantitative estimate of drug-likeness (QED) is 0.562. The molecule has 0 amide bonds. The zero-order chi connectivity index (χ0) is 12.0. The number of non-ortho nitro benzene ring substituents is 1. The Kier molecular flexibility index (Phi) is 1.97. The van der Waals surface area contributed by atoms with Gasteiger partial charge in [0.1, 0.15) is 11.3 Å². The third kappa shape index (κ3) is 1.18. The summed E-state index contributed by atoms with van der Waals surface area (Å²) in [7, 11) is 2.99. The number of imidazole rings is 1. The van der Waals surface area contributed by atoms with E-state index in [0.29, 0.717) is 5.52 Å². The maximum Gasteiger partial charge on any atom is 0.328 e. The van der Waals surface area contributed by atoms with Crippen LogP contribution in [0, 0.1) is 10.1 Å². The second-order valence-electron chi connectivity index (χ2n) is 3.49. The summed E-state index contributed by atoms with van der Waals surface area (Å²) in [5.74, 6) is -0.274. The average Bonchev–Trinajstić information content (AvgIpc) is 2.44. The van der Waals surface area contributed by atoms with Crippen molar-refractivity contribution in [2.45, 2.75) is 0 Å². The van der Waals surface area contributed by atoms with E-state index >= 15 is 0 Å². The number of hydrogen-bond acceptors (Lipinski definition) is 4. The van der Waals surface area contributed by atoms with Crippen LogP contribution in [0.5, 0.6) is 5.75 Å². The molecule has 0 saturated heterocycles. The van der Waals surface area contributed by atoms with Crippen LogP contribution in [0.4, 0.5) is 5.69 Å². The summed E-state index contributed by atoms with van der Waals surface area (Å²) >= 11 is 0. The molecule has 0 radical (unpaired) electrons. The first-order valence-corrected chi connectivity index (χ1v) is 4.46. The number of nitro benzene ring substituents is 1. The van der Waals surface area contributed by atoms with Gasteiger partial charge in [0.05, 0.1) is 16.5 Å². The van der Waals surface area contributed by atoms with Crippen molar-refractivity contribution in [3.63, 3.8) is 0 Å². The van der Waals surface area contributed by atoms with Gasteiger partial charge in [0.2, 0.25) is 0 Å². The van der Waals surface area contributed by atoms with E-state index in [1.165, 1.54) is 29.3 Å². The van der Waals surface area contributed by atoms with Gasteiger partial charge in [-0.05, 0) is 0 Å². The summed E-state index contributed by atoms with van der Waals surface area (Å²) in [5, 5.41) is 20.2. The van der Waals surface area contributed by atoms with E-state index in [4.69, 9.17) is 0 Å². The first kappa shape index (κ1) is 10.2. The summed E-state index contributed by atoms with van der Waals surface area (Å²) < 4.78 is 2.50. The number of aromatic hydroxyl groups is 1. The number of aryl methyl sites for hydroxylation is 2. The molecule has 0 spiro atoms. The smallest absolute Gasteiger partial charge is 0.328 e. The molecular weight excluding hydrogens is 214 g/mol. The number of nitrogens with zero attached hydrogens (tertiary/aromatic N) is 3. The predicted octanol–water partition coefficient (Wildman–Crippen LogP) is 0.491. The van der Waals surface area contributed by atoms with Crippen molar-refractivity contribution in [2.75, 3.05) is 0 Å². The van der Waals surface area contributed by atoms with E-state index < -0.39 is 4.92 Å². The van der Waals surface area contributed by atoms with Crippen molar-refractivity contribution in [3.05, 3.63) is 32.7 Å². The van der Waals surface area contributed by atoms with E-state index in [-0.39, 0.29) is 22.6 Å². The molecule has 2 rings (SSSR count). The molecule has 16 heavy (non-hydrogen) atoms. The number of hydrogen-bond donors (Lipinski definition) is 1. The fraction of sp³-hybridized carbons (Fsp3) is 0.222. The molecule has 0 unspecified atom stereocenters. The van der Waals surface area contributed by atoms with Crippen LogP contribution in [0.25, 0.3) is 11.0 Å². The first-order chi connectivity index (χ1) is 7.43. The molecule has 0 fully saturated rings. The van der Waals surface area contributed by atoms with Crippen LogP contribution in [0.3, 0.4) is 0 Å². The van der Waals surface area contributed by atoms with Gasteiger partial charge in [0.15, 0.2) is 0 Å². The second kappa shape index (κ2) is 3.09. The Morgan fingerprint density at radius 3 is 2.50 bits per heavy atom. The van der Waals surface area contributed by atoms with Gasteiger partial charge in [0, 0.05) is 20.2 Å². The van der Waals surface area contributed by atoms with Gasteiger partial charge in [0.25, 0.3) is 5.69 Å². The van der Waals surface area contributed by atoms with Crippen molar-refractivity contribution in [3.8, 4) is 5.75 Å². The second-order valence-corrected chi connectivity index (χ2v) is 3.49. The SMILES string of the molecule is Cn1c(=O)n(C)c2c(O)cc([N+](=O)[O-])cc21. The zero-order valence-corrected chi connectivity index (χ0v) is 8.67. The third-order valence-corrected chi connectivity index (χ3v) is 2.54. The molecule has 0 saturated carbocycles. The molecule has 7 nitrogen and oxygen atoms in total. The lowest BCUT2D eigenvalue weighted by atomic mass is 10.2. The lowest BCUT2D eigenvalue weighted by Crippen LogP contribution is -2.19. The number of nitro groups is 1. The first-order valence-electron chi connectivity index (χ1n) is 4.46. The van der Waals surface area contributed by atoms with Gasteiger partial charge in [-0.25, -0.2) is 4.79 Å². The largest absolute Gasteiger partial charge is 0.505 e. The van der Waals surface area contributed by atoms with E-state index in [1.807, 2.05) is 0 Å². The number of aromatic nitrogens is 2. The topological polar surface area (TPSA) is 90.3 Å². The van der Waals surface area contributed by atoms with Crippen LogP contribution >= 0.6 is 0 Å². The standard InChI is InChI=1S/C9H9N3O4/c1-10-6-3-5(12(15)16)4-7(13)8(6)11(2)9(10)14/h3-4,13H,1-2H3. The highest BCUT2D eigenvalue weighted by Crippen LogP contribution is 2.28. The molecule has 84 valence electrons. The molecule has 0 bridgehead atoms. The minimum atomic E-state index is -0.614. The van der Waals surface area contributed by atoms with Crippen molar-refractivity contribution in [1.82, 2.24) is 9.13 Å². The van der Waals surface area contributed by atoms with Crippen molar-refractivity contribution < 1.29 is 10.0 Å². The Morgan fingerprint density at radius 1 is 1.31 bits per heavy atom. The number of phenolic OH excluding ortho intramolecular Hbond substituents is 1. The molecule has 1 aromatic carbocycles. The molecule has 0 aliphatic carbocycles. The van der Waals surface area contributed by atoms with Gasteiger partial charge >= 0.3 is 5.69 Å². The van der Waals surface area contributed by atoms with Gasteiger partial charge in [-0.2, -0.15) is 0 Å². The Bertz CT molecular complexity index is 653. The number of benzene rings is 1. The van der Waals surface area contributed by atoms with Crippen molar-refractivity contribution in [1.29, 1.82) is 0 Å². The van der Waals surface area contributed by atoms with Gasteiger partial charge in [-0.3, -0.25) is 19.2 Å². The fourth-order valence-corrected chi connectivity index (χ4v) is 1.72. The average molecular weight is 223 g/mol. The van der Waals surface area contributed by atoms with Crippen LogP contribution in [-0.4, -0.2) is 19.2 Å². The Hall–Kier alpha value is -2.31. The van der Waals surface area contributed by atoms with Gasteiger partial charge in [-0.1, -0.05) is 0 Å². The minimum absolute atomic E-state index is 0.244. The molecule has 7 heteroatoms.